The zero-order valence-corrected chi connectivity index (χ0v) is 14.8. The van der Waals surface area contributed by atoms with Crippen LogP contribution in [0.4, 0.5) is 0 Å². The van der Waals surface area contributed by atoms with Gasteiger partial charge in [0.1, 0.15) is 5.69 Å². The minimum Gasteiger partial charge on any atom is -0.293 e. The predicted octanol–water partition coefficient (Wildman–Crippen LogP) is 4.98. The molecule has 3 heteroatoms. The number of rotatable bonds is 3. The van der Waals surface area contributed by atoms with E-state index in [1.54, 1.807) is 6.92 Å². The molecule has 3 nitrogen and oxygen atoms in total. The molecular weight excluding hydrogens is 296 g/mol. The number of carbonyl (C=O) groups is 1. The van der Waals surface area contributed by atoms with Crippen molar-refractivity contribution in [2.75, 3.05) is 0 Å². The van der Waals surface area contributed by atoms with Gasteiger partial charge in [0.2, 0.25) is 0 Å². The van der Waals surface area contributed by atoms with E-state index in [9.17, 15) is 4.79 Å². The van der Waals surface area contributed by atoms with Crippen molar-refractivity contribution in [1.82, 2.24) is 9.78 Å². The number of hydrogen-bond acceptors (Lipinski definition) is 2. The largest absolute Gasteiger partial charge is 0.293 e. The van der Waals surface area contributed by atoms with Crippen LogP contribution in [0.25, 0.3) is 16.9 Å². The Labute approximate surface area is 143 Å². The minimum absolute atomic E-state index is 0.0236. The lowest BCUT2D eigenvalue weighted by Crippen LogP contribution is -2.04. The maximum Gasteiger partial charge on any atom is 0.180 e. The fourth-order valence-corrected chi connectivity index (χ4v) is 3.07. The van der Waals surface area contributed by atoms with Crippen LogP contribution >= 0.6 is 0 Å². The summed E-state index contributed by atoms with van der Waals surface area (Å²) in [7, 11) is 0. The van der Waals surface area contributed by atoms with Crippen LogP contribution in [0.2, 0.25) is 0 Å². The molecule has 0 saturated heterocycles. The Hall–Kier alpha value is -2.68. The SMILES string of the molecule is CC(=O)c1cc(-c2ccc(C)cc2C)n(-c2ccc(C)cc2C)n1. The topological polar surface area (TPSA) is 34.9 Å². The Morgan fingerprint density at radius 2 is 1.50 bits per heavy atom. The molecule has 1 heterocycles. The molecule has 0 atom stereocenters. The summed E-state index contributed by atoms with van der Waals surface area (Å²) >= 11 is 0. The molecule has 0 aliphatic heterocycles. The number of aromatic nitrogens is 2. The summed E-state index contributed by atoms with van der Waals surface area (Å²) in [5.74, 6) is -0.0236. The third-order valence-corrected chi connectivity index (χ3v) is 4.31. The molecule has 0 fully saturated rings. The molecule has 3 rings (SSSR count). The first-order valence-corrected chi connectivity index (χ1v) is 8.13. The van der Waals surface area contributed by atoms with Gasteiger partial charge in [-0.1, -0.05) is 41.5 Å². The van der Waals surface area contributed by atoms with Crippen LogP contribution in [-0.4, -0.2) is 15.6 Å². The van der Waals surface area contributed by atoms with E-state index in [1.165, 1.54) is 16.7 Å². The monoisotopic (exact) mass is 318 g/mol. The number of ketones is 1. The average molecular weight is 318 g/mol. The van der Waals surface area contributed by atoms with E-state index in [0.717, 1.165) is 22.5 Å². The summed E-state index contributed by atoms with van der Waals surface area (Å²) in [6, 6.07) is 14.5. The summed E-state index contributed by atoms with van der Waals surface area (Å²) in [6.07, 6.45) is 0. The summed E-state index contributed by atoms with van der Waals surface area (Å²) in [4.78, 5) is 11.9. The van der Waals surface area contributed by atoms with Crippen molar-refractivity contribution in [3.05, 3.63) is 70.4 Å². The highest BCUT2D eigenvalue weighted by Crippen LogP contribution is 2.29. The van der Waals surface area contributed by atoms with Gasteiger partial charge >= 0.3 is 0 Å². The van der Waals surface area contributed by atoms with Crippen LogP contribution in [0.1, 0.15) is 39.7 Å². The molecule has 0 bridgehead atoms. The van der Waals surface area contributed by atoms with Gasteiger partial charge in [-0.25, -0.2) is 4.68 Å². The average Bonchev–Trinajstić information content (AvgIpc) is 2.92. The van der Waals surface area contributed by atoms with E-state index < -0.39 is 0 Å². The van der Waals surface area contributed by atoms with Crippen molar-refractivity contribution >= 4 is 5.78 Å². The third kappa shape index (κ3) is 2.90. The van der Waals surface area contributed by atoms with E-state index in [2.05, 4.69) is 69.2 Å². The summed E-state index contributed by atoms with van der Waals surface area (Å²) in [5.41, 5.74) is 8.29. The van der Waals surface area contributed by atoms with Gasteiger partial charge in [-0.2, -0.15) is 5.10 Å². The van der Waals surface area contributed by atoms with Crippen molar-refractivity contribution < 1.29 is 4.79 Å². The van der Waals surface area contributed by atoms with Crippen LogP contribution < -0.4 is 0 Å². The number of carbonyl (C=O) groups excluding carboxylic acids is 1. The Kier molecular flexibility index (Phi) is 4.10. The zero-order valence-electron chi connectivity index (χ0n) is 14.8. The van der Waals surface area contributed by atoms with Crippen molar-refractivity contribution in [3.63, 3.8) is 0 Å². The molecule has 0 unspecified atom stereocenters. The Balaban J connectivity index is 2.27. The number of nitrogens with zero attached hydrogens (tertiary/aromatic N) is 2. The molecule has 0 aliphatic rings. The maximum absolute atomic E-state index is 11.9. The van der Waals surface area contributed by atoms with Gasteiger partial charge in [0, 0.05) is 12.5 Å². The molecule has 0 saturated carbocycles. The zero-order chi connectivity index (χ0) is 17.4. The second kappa shape index (κ2) is 6.08. The molecule has 0 aliphatic carbocycles. The Bertz CT molecular complexity index is 866. The number of benzene rings is 2. The first kappa shape index (κ1) is 16.2. The number of aryl methyl sites for hydroxylation is 4. The van der Waals surface area contributed by atoms with Crippen LogP contribution in [0.5, 0.6) is 0 Å². The normalized spacial score (nSPS) is 10.9. The smallest absolute Gasteiger partial charge is 0.180 e. The second-order valence-corrected chi connectivity index (χ2v) is 6.49. The predicted molar refractivity (Wildman–Crippen MR) is 98.0 cm³/mol. The van der Waals surface area contributed by atoms with Gasteiger partial charge in [0.15, 0.2) is 5.78 Å². The lowest BCUT2D eigenvalue weighted by molar-refractivity contribution is 0.101. The minimum atomic E-state index is -0.0236. The molecule has 3 aromatic rings. The fourth-order valence-electron chi connectivity index (χ4n) is 3.07. The molecule has 2 aromatic carbocycles. The molecular formula is C21H22N2O. The highest BCUT2D eigenvalue weighted by atomic mass is 16.1. The molecule has 0 amide bonds. The van der Waals surface area contributed by atoms with Crippen molar-refractivity contribution in [2.45, 2.75) is 34.6 Å². The van der Waals surface area contributed by atoms with Gasteiger partial charge in [0.25, 0.3) is 0 Å². The quantitative estimate of drug-likeness (QED) is 0.639. The lowest BCUT2D eigenvalue weighted by Gasteiger charge is -2.13. The Morgan fingerprint density at radius 3 is 2.08 bits per heavy atom. The van der Waals surface area contributed by atoms with Gasteiger partial charge in [-0.3, -0.25) is 4.79 Å². The maximum atomic E-state index is 11.9. The number of Topliss-reactive ketones (excluding diaryl/α,β-unsaturated/α-hetero) is 1. The van der Waals surface area contributed by atoms with E-state index in [-0.39, 0.29) is 5.78 Å². The van der Waals surface area contributed by atoms with E-state index in [1.807, 2.05) is 10.7 Å². The van der Waals surface area contributed by atoms with Gasteiger partial charge in [0.05, 0.1) is 11.4 Å². The first-order valence-electron chi connectivity index (χ1n) is 8.13. The van der Waals surface area contributed by atoms with Gasteiger partial charge in [-0.05, 0) is 51.0 Å². The molecule has 122 valence electrons. The Morgan fingerprint density at radius 1 is 0.875 bits per heavy atom. The van der Waals surface area contributed by atoms with E-state index in [4.69, 9.17) is 0 Å². The summed E-state index contributed by atoms with van der Waals surface area (Å²) in [5, 5.41) is 4.58. The van der Waals surface area contributed by atoms with Crippen LogP contribution in [0, 0.1) is 27.7 Å². The van der Waals surface area contributed by atoms with Crippen LogP contribution in [0.3, 0.4) is 0 Å². The molecule has 1 aromatic heterocycles. The molecule has 0 radical (unpaired) electrons. The van der Waals surface area contributed by atoms with Crippen molar-refractivity contribution in [1.29, 1.82) is 0 Å². The number of hydrogen-bond donors (Lipinski definition) is 0. The second-order valence-electron chi connectivity index (χ2n) is 6.49. The molecule has 0 N–H and O–H groups in total. The highest BCUT2D eigenvalue weighted by Gasteiger charge is 2.16. The summed E-state index contributed by atoms with van der Waals surface area (Å²) < 4.78 is 1.89. The van der Waals surface area contributed by atoms with Crippen LogP contribution in [-0.2, 0) is 0 Å². The molecule has 0 spiro atoms. The van der Waals surface area contributed by atoms with E-state index >= 15 is 0 Å². The van der Waals surface area contributed by atoms with Crippen molar-refractivity contribution in [2.24, 2.45) is 0 Å². The standard InChI is InChI=1S/C21H22N2O/c1-13-6-8-18(15(3)10-13)21-12-19(17(5)24)22-23(21)20-9-7-14(2)11-16(20)4/h6-12H,1-5H3. The third-order valence-electron chi connectivity index (χ3n) is 4.31. The van der Waals surface area contributed by atoms with Crippen molar-refractivity contribution in [3.8, 4) is 16.9 Å². The lowest BCUT2D eigenvalue weighted by atomic mass is 10.0. The molecule has 24 heavy (non-hydrogen) atoms. The summed E-state index contributed by atoms with van der Waals surface area (Å²) in [6.45, 7) is 9.88. The van der Waals surface area contributed by atoms with Gasteiger partial charge in [-0.15, -0.1) is 0 Å². The van der Waals surface area contributed by atoms with E-state index in [0.29, 0.717) is 5.69 Å². The van der Waals surface area contributed by atoms with Gasteiger partial charge < -0.3 is 0 Å². The highest BCUT2D eigenvalue weighted by molar-refractivity contribution is 5.93. The fraction of sp³-hybridized carbons (Fsp3) is 0.238. The first-order chi connectivity index (χ1) is 11.4. The van der Waals surface area contributed by atoms with Crippen LogP contribution in [0.15, 0.2) is 42.5 Å².